The zero-order valence-electron chi connectivity index (χ0n) is 8.39. The van der Waals surface area contributed by atoms with Crippen molar-refractivity contribution in [3.8, 4) is 0 Å². The van der Waals surface area contributed by atoms with E-state index in [-0.39, 0.29) is 26.2 Å². The number of aliphatic hydroxyl groups is 1. The molecule has 0 aliphatic heterocycles. The van der Waals surface area contributed by atoms with Gasteiger partial charge in [0.15, 0.2) is 0 Å². The molecule has 1 aromatic carbocycles. The van der Waals surface area contributed by atoms with Gasteiger partial charge in [-0.25, -0.2) is 0 Å². The molecule has 0 aliphatic rings. The molecule has 86 valence electrons. The van der Waals surface area contributed by atoms with E-state index in [1.165, 1.54) is 0 Å². The van der Waals surface area contributed by atoms with Crippen LogP contribution >= 0.6 is 0 Å². The molecule has 3 heteroatoms. The van der Waals surface area contributed by atoms with Crippen LogP contribution in [0.1, 0.15) is 19.9 Å². The number of ether oxygens (including phenoxy) is 1. The molecule has 1 aromatic rings. The van der Waals surface area contributed by atoms with Gasteiger partial charge in [-0.2, -0.15) is 0 Å². The summed E-state index contributed by atoms with van der Waals surface area (Å²) >= 11 is 0. The third-order valence-electron chi connectivity index (χ3n) is 2.17. The molecule has 0 saturated carbocycles. The van der Waals surface area contributed by atoms with Crippen LogP contribution in [0.4, 0.5) is 0 Å². The van der Waals surface area contributed by atoms with Crippen molar-refractivity contribution >= 4 is 0 Å². The number of hydrogen-bond acceptors (Lipinski definition) is 3. The highest BCUT2D eigenvalue weighted by atomic mass is 16.5. The molecular weight excluding hydrogens is 190 g/mol. The lowest BCUT2D eigenvalue weighted by molar-refractivity contribution is 0.0224. The van der Waals surface area contributed by atoms with E-state index >= 15 is 0 Å². The summed E-state index contributed by atoms with van der Waals surface area (Å²) in [6.45, 7) is 2.36. The van der Waals surface area contributed by atoms with Crippen molar-refractivity contribution < 1.29 is 9.84 Å². The Labute approximate surface area is 91.9 Å². The maximum absolute atomic E-state index is 8.80. The molecule has 0 amide bonds. The number of rotatable bonds is 5. The van der Waals surface area contributed by atoms with E-state index in [9.17, 15) is 0 Å². The molecule has 15 heavy (non-hydrogen) atoms. The largest absolute Gasteiger partial charge is 0.395 e. The second kappa shape index (κ2) is 7.40. The first-order valence-corrected chi connectivity index (χ1v) is 4.76. The summed E-state index contributed by atoms with van der Waals surface area (Å²) in [6.07, 6.45) is -0.125. The fraction of sp³-hybridized carbons (Fsp3) is 0.500. The van der Waals surface area contributed by atoms with Gasteiger partial charge < -0.3 is 15.6 Å². The lowest BCUT2D eigenvalue weighted by Gasteiger charge is -2.18. The number of benzene rings is 1. The van der Waals surface area contributed by atoms with Gasteiger partial charge in [0, 0.05) is 0 Å². The molecule has 0 fully saturated rings. The van der Waals surface area contributed by atoms with Gasteiger partial charge in [-0.05, 0) is 12.5 Å². The smallest absolute Gasteiger partial charge is 0.0724 e. The van der Waals surface area contributed by atoms with Crippen LogP contribution in [0.3, 0.4) is 0 Å². The number of hydrogen-bond donors (Lipinski definition) is 2. The van der Waals surface area contributed by atoms with Crippen molar-refractivity contribution in [3.05, 3.63) is 35.9 Å². The lowest BCUT2D eigenvalue weighted by Crippen LogP contribution is -2.37. The highest BCUT2D eigenvalue weighted by Gasteiger charge is 2.11. The molecule has 0 aromatic heterocycles. The van der Waals surface area contributed by atoms with E-state index in [1.807, 2.05) is 37.3 Å². The Morgan fingerprint density at radius 1 is 1.33 bits per heavy atom. The zero-order chi connectivity index (χ0) is 10.4. The predicted octanol–water partition coefficient (Wildman–Crippen LogP) is 1.55. The van der Waals surface area contributed by atoms with Gasteiger partial charge in [-0.15, -0.1) is 0 Å². The van der Waals surface area contributed by atoms with Crippen LogP contribution in [-0.4, -0.2) is 23.9 Å². The van der Waals surface area contributed by atoms with Crippen molar-refractivity contribution in [1.29, 1.82) is 0 Å². The maximum Gasteiger partial charge on any atom is 0.0724 e. The first-order valence-electron chi connectivity index (χ1n) is 4.76. The standard InChI is InChI=1S/C11H17NO2.CH4/c1-9(11(12)7-13)14-8-10-5-3-2-4-6-10;/h2-6,9,11,13H,7-8,12H2,1H3;1H4. The average molecular weight is 211 g/mol. The van der Waals surface area contributed by atoms with Crippen LogP contribution in [0.25, 0.3) is 0 Å². The molecule has 0 spiro atoms. The molecule has 3 nitrogen and oxygen atoms in total. The Hall–Kier alpha value is -0.900. The molecule has 2 unspecified atom stereocenters. The third-order valence-corrected chi connectivity index (χ3v) is 2.17. The molecule has 0 bridgehead atoms. The van der Waals surface area contributed by atoms with Crippen LogP contribution in [0.15, 0.2) is 30.3 Å². The number of nitrogens with two attached hydrogens (primary N) is 1. The van der Waals surface area contributed by atoms with Gasteiger partial charge in [0.1, 0.15) is 0 Å². The van der Waals surface area contributed by atoms with Gasteiger partial charge in [-0.3, -0.25) is 0 Å². The first-order chi connectivity index (χ1) is 6.74. The molecule has 3 N–H and O–H groups in total. The van der Waals surface area contributed by atoms with E-state index in [0.717, 1.165) is 5.56 Å². The van der Waals surface area contributed by atoms with Crippen molar-refractivity contribution in [2.75, 3.05) is 6.61 Å². The summed E-state index contributed by atoms with van der Waals surface area (Å²) < 4.78 is 5.50. The summed E-state index contributed by atoms with van der Waals surface area (Å²) in [5, 5.41) is 8.80. The molecule has 0 aliphatic carbocycles. The van der Waals surface area contributed by atoms with Crippen molar-refractivity contribution in [2.24, 2.45) is 5.73 Å². The Balaban J connectivity index is 0.00000196. The molecular formula is C12H21NO2. The van der Waals surface area contributed by atoms with Gasteiger partial charge in [-0.1, -0.05) is 37.8 Å². The second-order valence-corrected chi connectivity index (χ2v) is 3.35. The summed E-state index contributed by atoms with van der Waals surface area (Å²) in [4.78, 5) is 0. The zero-order valence-corrected chi connectivity index (χ0v) is 8.39. The maximum atomic E-state index is 8.80. The normalized spacial score (nSPS) is 14.1. The highest BCUT2D eigenvalue weighted by molar-refractivity contribution is 5.13. The topological polar surface area (TPSA) is 55.5 Å². The molecule has 2 atom stereocenters. The fourth-order valence-electron chi connectivity index (χ4n) is 1.07. The number of aliphatic hydroxyl groups excluding tert-OH is 1. The highest BCUT2D eigenvalue weighted by Crippen LogP contribution is 2.04. The Morgan fingerprint density at radius 3 is 2.47 bits per heavy atom. The minimum absolute atomic E-state index is 0. The van der Waals surface area contributed by atoms with E-state index in [2.05, 4.69) is 0 Å². The van der Waals surface area contributed by atoms with E-state index in [4.69, 9.17) is 15.6 Å². The summed E-state index contributed by atoms with van der Waals surface area (Å²) in [7, 11) is 0. The molecule has 0 heterocycles. The Bertz CT molecular complexity index is 251. The molecule has 1 rings (SSSR count). The quantitative estimate of drug-likeness (QED) is 0.777. The van der Waals surface area contributed by atoms with Crippen LogP contribution in [0.5, 0.6) is 0 Å². The monoisotopic (exact) mass is 211 g/mol. The van der Waals surface area contributed by atoms with Gasteiger partial charge in [0.2, 0.25) is 0 Å². The Morgan fingerprint density at radius 2 is 1.93 bits per heavy atom. The van der Waals surface area contributed by atoms with E-state index in [0.29, 0.717) is 6.61 Å². The second-order valence-electron chi connectivity index (χ2n) is 3.35. The molecule has 0 radical (unpaired) electrons. The Kier molecular flexibility index (Phi) is 6.96. The fourth-order valence-corrected chi connectivity index (χ4v) is 1.07. The van der Waals surface area contributed by atoms with Gasteiger partial charge in [0.05, 0.1) is 25.4 Å². The SMILES string of the molecule is C.CC(OCc1ccccc1)C(N)CO. The lowest BCUT2D eigenvalue weighted by atomic mass is 10.2. The van der Waals surface area contributed by atoms with Crippen LogP contribution in [0, 0.1) is 0 Å². The summed E-state index contributed by atoms with van der Waals surface area (Å²) in [6, 6.07) is 9.59. The summed E-state index contributed by atoms with van der Waals surface area (Å²) in [5.74, 6) is 0. The van der Waals surface area contributed by atoms with Crippen LogP contribution in [-0.2, 0) is 11.3 Å². The van der Waals surface area contributed by atoms with Crippen molar-refractivity contribution in [1.82, 2.24) is 0 Å². The minimum atomic E-state index is -0.307. The van der Waals surface area contributed by atoms with Crippen molar-refractivity contribution in [2.45, 2.75) is 33.1 Å². The summed E-state index contributed by atoms with van der Waals surface area (Å²) in [5.41, 5.74) is 6.72. The van der Waals surface area contributed by atoms with Gasteiger partial charge in [0.25, 0.3) is 0 Å². The van der Waals surface area contributed by atoms with Crippen LogP contribution in [0.2, 0.25) is 0 Å². The predicted molar refractivity (Wildman–Crippen MR) is 62.5 cm³/mol. The van der Waals surface area contributed by atoms with E-state index < -0.39 is 0 Å². The molecule has 0 saturated heterocycles. The van der Waals surface area contributed by atoms with Crippen LogP contribution < -0.4 is 5.73 Å². The minimum Gasteiger partial charge on any atom is -0.395 e. The average Bonchev–Trinajstić information content (AvgIpc) is 2.26. The van der Waals surface area contributed by atoms with Gasteiger partial charge >= 0.3 is 0 Å². The third kappa shape index (κ3) is 4.93. The first kappa shape index (κ1) is 14.1. The van der Waals surface area contributed by atoms with E-state index in [1.54, 1.807) is 0 Å². The van der Waals surface area contributed by atoms with Crippen molar-refractivity contribution in [3.63, 3.8) is 0 Å².